The third-order valence-corrected chi connectivity index (χ3v) is 3.06. The Hall–Kier alpha value is -2.70. The van der Waals surface area contributed by atoms with Crippen LogP contribution in [0, 0.1) is 24.0 Å². The lowest BCUT2D eigenvalue weighted by molar-refractivity contribution is -0.386. The Labute approximate surface area is 121 Å². The molecule has 1 aromatic heterocycles. The zero-order valence-electron chi connectivity index (χ0n) is 12.0. The second kappa shape index (κ2) is 5.74. The third kappa shape index (κ3) is 2.76. The highest BCUT2D eigenvalue weighted by molar-refractivity contribution is 5.89. The summed E-state index contributed by atoms with van der Waals surface area (Å²) < 4.78 is 6.39. The molecule has 0 saturated carbocycles. The molecule has 21 heavy (non-hydrogen) atoms. The first-order valence-electron chi connectivity index (χ1n) is 6.43. The number of esters is 1. The summed E-state index contributed by atoms with van der Waals surface area (Å²) in [7, 11) is 0. The zero-order valence-corrected chi connectivity index (χ0v) is 12.0. The maximum atomic E-state index is 11.6. The summed E-state index contributed by atoms with van der Waals surface area (Å²) in [6.45, 7) is 5.28. The molecule has 0 amide bonds. The highest BCUT2D eigenvalue weighted by atomic mass is 16.6. The molecular weight excluding hydrogens is 274 g/mol. The van der Waals surface area contributed by atoms with Crippen molar-refractivity contribution in [3.8, 4) is 5.69 Å². The van der Waals surface area contributed by atoms with Gasteiger partial charge in [-0.25, -0.2) is 9.48 Å². The van der Waals surface area contributed by atoms with Crippen molar-refractivity contribution >= 4 is 11.7 Å². The maximum Gasteiger partial charge on any atom is 0.338 e. The summed E-state index contributed by atoms with van der Waals surface area (Å²) in [5.74, 6) is -0.400. The van der Waals surface area contributed by atoms with E-state index in [0.717, 1.165) is 0 Å². The fourth-order valence-electron chi connectivity index (χ4n) is 2.10. The molecule has 2 rings (SSSR count). The van der Waals surface area contributed by atoms with E-state index in [9.17, 15) is 14.9 Å². The first-order valence-corrected chi connectivity index (χ1v) is 6.43. The fraction of sp³-hybridized carbons (Fsp3) is 0.286. The number of aromatic nitrogens is 2. The van der Waals surface area contributed by atoms with Crippen molar-refractivity contribution in [2.24, 2.45) is 0 Å². The predicted octanol–water partition coefficient (Wildman–Crippen LogP) is 2.57. The molecule has 0 radical (unpaired) electrons. The molecule has 0 spiro atoms. The molecule has 0 fully saturated rings. The fourth-order valence-corrected chi connectivity index (χ4v) is 2.10. The van der Waals surface area contributed by atoms with Crippen molar-refractivity contribution in [1.29, 1.82) is 0 Å². The quantitative estimate of drug-likeness (QED) is 0.490. The van der Waals surface area contributed by atoms with Gasteiger partial charge in [0.05, 0.1) is 22.8 Å². The summed E-state index contributed by atoms with van der Waals surface area (Å²) in [6.07, 6.45) is 0. The summed E-state index contributed by atoms with van der Waals surface area (Å²) in [6, 6.07) is 6.57. The number of hydrogen-bond acceptors (Lipinski definition) is 5. The molecular formula is C14H15N3O4. The van der Waals surface area contributed by atoms with Gasteiger partial charge in [0.1, 0.15) is 11.4 Å². The van der Waals surface area contributed by atoms with E-state index in [2.05, 4.69) is 5.10 Å². The molecule has 0 N–H and O–H groups in total. The number of rotatable bonds is 4. The normalized spacial score (nSPS) is 10.4. The van der Waals surface area contributed by atoms with Gasteiger partial charge in [-0.1, -0.05) is 0 Å². The zero-order chi connectivity index (χ0) is 15.6. The molecule has 2 aromatic rings. The van der Waals surface area contributed by atoms with Crippen LogP contribution in [0.25, 0.3) is 5.69 Å². The average molecular weight is 289 g/mol. The molecule has 0 aliphatic heterocycles. The van der Waals surface area contributed by atoms with Gasteiger partial charge in [-0.3, -0.25) is 10.1 Å². The second-order valence-electron chi connectivity index (χ2n) is 4.46. The Bertz CT molecular complexity index is 689. The van der Waals surface area contributed by atoms with E-state index in [1.54, 1.807) is 45.0 Å². The molecule has 1 aromatic carbocycles. The highest BCUT2D eigenvalue weighted by Gasteiger charge is 2.22. The Morgan fingerprint density at radius 2 is 1.95 bits per heavy atom. The Morgan fingerprint density at radius 3 is 2.43 bits per heavy atom. The minimum Gasteiger partial charge on any atom is -0.462 e. The van der Waals surface area contributed by atoms with Crippen LogP contribution < -0.4 is 0 Å². The van der Waals surface area contributed by atoms with Crippen molar-refractivity contribution in [2.75, 3.05) is 6.61 Å². The second-order valence-corrected chi connectivity index (χ2v) is 4.46. The SMILES string of the molecule is CCOC(=O)c1ccc(-n2nc(C)c([N+](=O)[O-])c2C)cc1. The van der Waals surface area contributed by atoms with E-state index in [0.29, 0.717) is 29.2 Å². The van der Waals surface area contributed by atoms with E-state index in [4.69, 9.17) is 4.74 Å². The van der Waals surface area contributed by atoms with E-state index >= 15 is 0 Å². The molecule has 0 saturated heterocycles. The Morgan fingerprint density at radius 1 is 1.33 bits per heavy atom. The summed E-state index contributed by atoms with van der Waals surface area (Å²) in [5.41, 5.74) is 1.88. The third-order valence-electron chi connectivity index (χ3n) is 3.06. The topological polar surface area (TPSA) is 87.3 Å². The Balaban J connectivity index is 2.38. The van der Waals surface area contributed by atoms with Crippen LogP contribution in [-0.4, -0.2) is 27.3 Å². The van der Waals surface area contributed by atoms with Crippen LogP contribution in [0.2, 0.25) is 0 Å². The van der Waals surface area contributed by atoms with Crippen molar-refractivity contribution in [2.45, 2.75) is 20.8 Å². The summed E-state index contributed by atoms with van der Waals surface area (Å²) >= 11 is 0. The molecule has 7 nitrogen and oxygen atoms in total. The van der Waals surface area contributed by atoms with Gasteiger partial charge in [0.2, 0.25) is 0 Å². The van der Waals surface area contributed by atoms with Crippen molar-refractivity contribution in [1.82, 2.24) is 9.78 Å². The molecule has 0 aliphatic carbocycles. The van der Waals surface area contributed by atoms with Gasteiger partial charge >= 0.3 is 11.7 Å². The highest BCUT2D eigenvalue weighted by Crippen LogP contribution is 2.24. The number of nitro groups is 1. The van der Waals surface area contributed by atoms with E-state index < -0.39 is 10.9 Å². The van der Waals surface area contributed by atoms with Gasteiger partial charge in [-0.15, -0.1) is 0 Å². The maximum absolute atomic E-state index is 11.6. The van der Waals surface area contributed by atoms with E-state index in [1.807, 2.05) is 0 Å². The van der Waals surface area contributed by atoms with Crippen LogP contribution in [0.4, 0.5) is 5.69 Å². The van der Waals surface area contributed by atoms with E-state index in [-0.39, 0.29) is 5.69 Å². The van der Waals surface area contributed by atoms with Crippen LogP contribution in [0.15, 0.2) is 24.3 Å². The molecule has 7 heteroatoms. The number of ether oxygens (including phenoxy) is 1. The van der Waals surface area contributed by atoms with Crippen LogP contribution in [0.1, 0.15) is 28.7 Å². The molecule has 0 bridgehead atoms. The van der Waals surface area contributed by atoms with Crippen LogP contribution >= 0.6 is 0 Å². The molecule has 0 aliphatic rings. The number of aryl methyl sites for hydroxylation is 1. The largest absolute Gasteiger partial charge is 0.462 e. The van der Waals surface area contributed by atoms with Gasteiger partial charge in [0.15, 0.2) is 0 Å². The lowest BCUT2D eigenvalue weighted by atomic mass is 10.2. The van der Waals surface area contributed by atoms with Gasteiger partial charge < -0.3 is 4.74 Å². The van der Waals surface area contributed by atoms with Gasteiger partial charge in [-0.2, -0.15) is 5.10 Å². The minimum atomic E-state index is -0.443. The number of benzene rings is 1. The monoisotopic (exact) mass is 289 g/mol. The first kappa shape index (κ1) is 14.7. The predicted molar refractivity (Wildman–Crippen MR) is 75.6 cm³/mol. The molecule has 0 atom stereocenters. The molecule has 110 valence electrons. The number of nitrogens with zero attached hydrogens (tertiary/aromatic N) is 3. The smallest absolute Gasteiger partial charge is 0.338 e. The first-order chi connectivity index (χ1) is 9.95. The number of carbonyl (C=O) groups excluding carboxylic acids is 1. The molecule has 1 heterocycles. The Kier molecular flexibility index (Phi) is 4.02. The van der Waals surface area contributed by atoms with Gasteiger partial charge in [0, 0.05) is 0 Å². The van der Waals surface area contributed by atoms with Crippen molar-refractivity contribution in [3.05, 3.63) is 51.3 Å². The molecule has 0 unspecified atom stereocenters. The van der Waals surface area contributed by atoms with E-state index in [1.165, 1.54) is 4.68 Å². The van der Waals surface area contributed by atoms with Crippen LogP contribution in [-0.2, 0) is 4.74 Å². The number of carbonyl (C=O) groups is 1. The standard InChI is InChI=1S/C14H15N3O4/c1-4-21-14(18)11-5-7-12(8-6-11)16-10(3)13(17(19)20)9(2)15-16/h5-8H,4H2,1-3H3. The summed E-state index contributed by atoms with van der Waals surface area (Å²) in [5, 5.41) is 15.2. The van der Waals surface area contributed by atoms with Crippen molar-refractivity contribution < 1.29 is 14.5 Å². The average Bonchev–Trinajstić information content (AvgIpc) is 2.74. The minimum absolute atomic E-state index is 0.00414. The van der Waals surface area contributed by atoms with Gasteiger partial charge in [-0.05, 0) is 45.0 Å². The number of hydrogen-bond donors (Lipinski definition) is 0. The lowest BCUT2D eigenvalue weighted by Gasteiger charge is -2.05. The van der Waals surface area contributed by atoms with Crippen LogP contribution in [0.3, 0.4) is 0 Å². The summed E-state index contributed by atoms with van der Waals surface area (Å²) in [4.78, 5) is 22.1. The van der Waals surface area contributed by atoms with Gasteiger partial charge in [0.25, 0.3) is 0 Å². The van der Waals surface area contributed by atoms with Crippen molar-refractivity contribution in [3.63, 3.8) is 0 Å². The van der Waals surface area contributed by atoms with Crippen LogP contribution in [0.5, 0.6) is 0 Å². The lowest BCUT2D eigenvalue weighted by Crippen LogP contribution is -2.05.